The van der Waals surface area contributed by atoms with Crippen LogP contribution in [0.1, 0.15) is 13.8 Å². The fourth-order valence-electron chi connectivity index (χ4n) is 2.91. The molecule has 2 aromatic rings. The predicted octanol–water partition coefficient (Wildman–Crippen LogP) is 3.40. The van der Waals surface area contributed by atoms with Crippen LogP contribution in [0.3, 0.4) is 0 Å². The SMILES string of the molecule is CC(C)N1CCOC(Cn2ccc3cccc(Cl)c32)C1. The second-order valence-corrected chi connectivity index (χ2v) is 6.13. The molecule has 0 aliphatic carbocycles. The minimum Gasteiger partial charge on any atom is -0.374 e. The van der Waals surface area contributed by atoms with Gasteiger partial charge in [-0.2, -0.15) is 0 Å². The molecule has 1 unspecified atom stereocenters. The summed E-state index contributed by atoms with van der Waals surface area (Å²) in [4.78, 5) is 2.47. The first-order valence-corrected chi connectivity index (χ1v) is 7.62. The first kappa shape index (κ1) is 13.9. The number of benzene rings is 1. The van der Waals surface area contributed by atoms with E-state index in [0.717, 1.165) is 36.8 Å². The summed E-state index contributed by atoms with van der Waals surface area (Å²) in [5, 5.41) is 2.00. The molecular formula is C16H21ClN2O. The minimum absolute atomic E-state index is 0.234. The average molecular weight is 293 g/mol. The van der Waals surface area contributed by atoms with Gasteiger partial charge in [-0.15, -0.1) is 0 Å². The molecule has 4 heteroatoms. The van der Waals surface area contributed by atoms with Gasteiger partial charge in [-0.25, -0.2) is 0 Å². The molecular weight excluding hydrogens is 272 g/mol. The highest BCUT2D eigenvalue weighted by atomic mass is 35.5. The molecule has 0 radical (unpaired) electrons. The molecule has 3 rings (SSSR count). The fraction of sp³-hybridized carbons (Fsp3) is 0.500. The Labute approximate surface area is 125 Å². The number of nitrogens with zero attached hydrogens (tertiary/aromatic N) is 2. The van der Waals surface area contributed by atoms with Gasteiger partial charge < -0.3 is 9.30 Å². The molecule has 1 atom stereocenters. The van der Waals surface area contributed by atoms with Crippen molar-refractivity contribution < 1.29 is 4.74 Å². The number of rotatable bonds is 3. The van der Waals surface area contributed by atoms with Gasteiger partial charge in [-0.05, 0) is 26.0 Å². The number of hydrogen-bond donors (Lipinski definition) is 0. The second kappa shape index (κ2) is 5.76. The molecule has 1 saturated heterocycles. The fourth-order valence-corrected chi connectivity index (χ4v) is 3.20. The lowest BCUT2D eigenvalue weighted by Crippen LogP contribution is -2.47. The van der Waals surface area contributed by atoms with Crippen LogP contribution in [0.15, 0.2) is 30.5 Å². The number of fused-ring (bicyclic) bond motifs is 1. The Morgan fingerprint density at radius 1 is 1.35 bits per heavy atom. The first-order valence-electron chi connectivity index (χ1n) is 7.24. The third kappa shape index (κ3) is 2.71. The molecule has 20 heavy (non-hydrogen) atoms. The summed E-state index contributed by atoms with van der Waals surface area (Å²) < 4.78 is 8.13. The van der Waals surface area contributed by atoms with E-state index < -0.39 is 0 Å². The minimum atomic E-state index is 0.234. The predicted molar refractivity (Wildman–Crippen MR) is 83.4 cm³/mol. The van der Waals surface area contributed by atoms with Crippen molar-refractivity contribution in [1.82, 2.24) is 9.47 Å². The monoisotopic (exact) mass is 292 g/mol. The van der Waals surface area contributed by atoms with Gasteiger partial charge in [-0.1, -0.05) is 23.7 Å². The van der Waals surface area contributed by atoms with Gasteiger partial charge in [0.05, 0.1) is 29.8 Å². The molecule has 1 aromatic carbocycles. The maximum atomic E-state index is 6.33. The molecule has 1 fully saturated rings. The van der Waals surface area contributed by atoms with Crippen molar-refractivity contribution >= 4 is 22.5 Å². The van der Waals surface area contributed by atoms with Gasteiger partial charge in [0.2, 0.25) is 0 Å². The number of para-hydroxylation sites is 1. The van der Waals surface area contributed by atoms with Gasteiger partial charge in [0.1, 0.15) is 0 Å². The van der Waals surface area contributed by atoms with E-state index in [9.17, 15) is 0 Å². The van der Waals surface area contributed by atoms with Crippen molar-refractivity contribution in [2.45, 2.75) is 32.5 Å². The van der Waals surface area contributed by atoms with Crippen molar-refractivity contribution in [3.63, 3.8) is 0 Å². The molecule has 2 heterocycles. The summed E-state index contributed by atoms with van der Waals surface area (Å²) in [5.74, 6) is 0. The molecule has 1 aliphatic heterocycles. The zero-order valence-electron chi connectivity index (χ0n) is 12.1. The van der Waals surface area contributed by atoms with Crippen LogP contribution in [0.2, 0.25) is 5.02 Å². The zero-order valence-corrected chi connectivity index (χ0v) is 12.8. The van der Waals surface area contributed by atoms with Gasteiger partial charge in [-0.3, -0.25) is 4.90 Å². The van der Waals surface area contributed by atoms with Gasteiger partial charge in [0, 0.05) is 30.7 Å². The highest BCUT2D eigenvalue weighted by molar-refractivity contribution is 6.35. The second-order valence-electron chi connectivity index (χ2n) is 5.73. The lowest BCUT2D eigenvalue weighted by molar-refractivity contribution is -0.0451. The summed E-state index contributed by atoms with van der Waals surface area (Å²) in [6.45, 7) is 8.17. The van der Waals surface area contributed by atoms with Gasteiger partial charge in [0.15, 0.2) is 0 Å². The summed E-state index contributed by atoms with van der Waals surface area (Å²) in [5.41, 5.74) is 1.11. The molecule has 0 N–H and O–H groups in total. The molecule has 108 valence electrons. The maximum Gasteiger partial charge on any atom is 0.0881 e. The van der Waals surface area contributed by atoms with E-state index in [1.807, 2.05) is 12.1 Å². The highest BCUT2D eigenvalue weighted by Crippen LogP contribution is 2.25. The summed E-state index contributed by atoms with van der Waals surface area (Å²) >= 11 is 6.33. The van der Waals surface area contributed by atoms with Gasteiger partial charge >= 0.3 is 0 Å². The first-order chi connectivity index (χ1) is 9.65. The molecule has 0 saturated carbocycles. The number of aromatic nitrogens is 1. The van der Waals surface area contributed by atoms with Crippen LogP contribution in [-0.2, 0) is 11.3 Å². The quantitative estimate of drug-likeness (QED) is 0.863. The highest BCUT2D eigenvalue weighted by Gasteiger charge is 2.23. The number of ether oxygens (including phenoxy) is 1. The standard InChI is InChI=1S/C16H21ClN2O/c1-12(2)18-8-9-20-14(10-18)11-19-7-6-13-4-3-5-15(17)16(13)19/h3-7,12,14H,8-11H2,1-2H3. The molecule has 1 aromatic heterocycles. The normalized spacial score (nSPS) is 20.9. The number of hydrogen-bond acceptors (Lipinski definition) is 2. The smallest absolute Gasteiger partial charge is 0.0881 e. The van der Waals surface area contributed by atoms with Crippen molar-refractivity contribution in [2.24, 2.45) is 0 Å². The van der Waals surface area contributed by atoms with Crippen molar-refractivity contribution in [2.75, 3.05) is 19.7 Å². The Morgan fingerprint density at radius 2 is 2.20 bits per heavy atom. The van der Waals surface area contributed by atoms with Crippen LogP contribution in [-0.4, -0.2) is 41.3 Å². The molecule has 0 spiro atoms. The third-order valence-corrected chi connectivity index (χ3v) is 4.35. The Hall–Kier alpha value is -1.03. The van der Waals surface area contributed by atoms with Crippen LogP contribution in [0, 0.1) is 0 Å². The van der Waals surface area contributed by atoms with Crippen LogP contribution in [0.4, 0.5) is 0 Å². The lowest BCUT2D eigenvalue weighted by Gasteiger charge is -2.35. The Balaban J connectivity index is 1.79. The van der Waals surface area contributed by atoms with E-state index in [1.165, 1.54) is 5.39 Å². The van der Waals surface area contributed by atoms with Crippen LogP contribution >= 0.6 is 11.6 Å². The van der Waals surface area contributed by atoms with Crippen LogP contribution in [0.5, 0.6) is 0 Å². The van der Waals surface area contributed by atoms with E-state index in [-0.39, 0.29) is 6.10 Å². The van der Waals surface area contributed by atoms with E-state index in [1.54, 1.807) is 0 Å². The third-order valence-electron chi connectivity index (χ3n) is 4.04. The Morgan fingerprint density at radius 3 is 3.00 bits per heavy atom. The van der Waals surface area contributed by atoms with Crippen molar-refractivity contribution in [3.05, 3.63) is 35.5 Å². The molecule has 0 bridgehead atoms. The number of halogens is 1. The summed E-state index contributed by atoms with van der Waals surface area (Å²) in [6, 6.07) is 8.73. The Kier molecular flexibility index (Phi) is 4.01. The van der Waals surface area contributed by atoms with E-state index in [0.29, 0.717) is 6.04 Å². The molecule has 1 aliphatic rings. The molecule has 0 amide bonds. The van der Waals surface area contributed by atoms with Crippen LogP contribution < -0.4 is 0 Å². The van der Waals surface area contributed by atoms with E-state index in [2.05, 4.69) is 41.6 Å². The van der Waals surface area contributed by atoms with Crippen molar-refractivity contribution in [1.29, 1.82) is 0 Å². The summed E-state index contributed by atoms with van der Waals surface area (Å²) in [6.07, 6.45) is 2.34. The largest absolute Gasteiger partial charge is 0.374 e. The van der Waals surface area contributed by atoms with Crippen LogP contribution in [0.25, 0.3) is 10.9 Å². The van der Waals surface area contributed by atoms with Gasteiger partial charge in [0.25, 0.3) is 0 Å². The zero-order chi connectivity index (χ0) is 14.1. The van der Waals surface area contributed by atoms with E-state index >= 15 is 0 Å². The maximum absolute atomic E-state index is 6.33. The molecule has 3 nitrogen and oxygen atoms in total. The lowest BCUT2D eigenvalue weighted by atomic mass is 10.2. The number of morpholine rings is 1. The summed E-state index contributed by atoms with van der Waals surface area (Å²) in [7, 11) is 0. The topological polar surface area (TPSA) is 17.4 Å². The Bertz CT molecular complexity index is 593. The average Bonchev–Trinajstić information content (AvgIpc) is 2.84. The van der Waals surface area contributed by atoms with E-state index in [4.69, 9.17) is 16.3 Å². The van der Waals surface area contributed by atoms with Crippen molar-refractivity contribution in [3.8, 4) is 0 Å².